The van der Waals surface area contributed by atoms with Crippen molar-refractivity contribution in [3.8, 4) is 0 Å². The monoisotopic (exact) mass is 354 g/mol. The summed E-state index contributed by atoms with van der Waals surface area (Å²) in [6.07, 6.45) is 5.00. The molecule has 132 valence electrons. The van der Waals surface area contributed by atoms with Crippen LogP contribution in [0.3, 0.4) is 0 Å². The number of nitrogens with one attached hydrogen (secondary N) is 2. The molecule has 4 aromatic rings. The highest BCUT2D eigenvalue weighted by molar-refractivity contribution is 6.04. The van der Waals surface area contributed by atoms with E-state index in [0.717, 1.165) is 33.5 Å². The zero-order valence-electron chi connectivity index (χ0n) is 14.8. The van der Waals surface area contributed by atoms with E-state index in [-0.39, 0.29) is 5.91 Å². The van der Waals surface area contributed by atoms with Crippen molar-refractivity contribution in [3.63, 3.8) is 0 Å². The van der Waals surface area contributed by atoms with E-state index in [2.05, 4.69) is 20.6 Å². The average molecular weight is 354 g/mol. The number of aryl methyl sites for hydroxylation is 1. The Kier molecular flexibility index (Phi) is 4.49. The number of fused-ring (bicyclic) bond motifs is 1. The van der Waals surface area contributed by atoms with E-state index < -0.39 is 0 Å². The largest absolute Gasteiger partial charge is 0.352 e. The van der Waals surface area contributed by atoms with Gasteiger partial charge in [0.15, 0.2) is 0 Å². The second-order valence-electron chi connectivity index (χ2n) is 6.29. The first kappa shape index (κ1) is 16.7. The van der Waals surface area contributed by atoms with Gasteiger partial charge in [-0.3, -0.25) is 14.8 Å². The van der Waals surface area contributed by atoms with Crippen LogP contribution < -0.4 is 10.6 Å². The zero-order valence-corrected chi connectivity index (χ0v) is 14.8. The van der Waals surface area contributed by atoms with Gasteiger partial charge in [-0.2, -0.15) is 0 Å². The first-order chi connectivity index (χ1) is 13.2. The van der Waals surface area contributed by atoms with Gasteiger partial charge in [0.2, 0.25) is 0 Å². The molecule has 0 radical (unpaired) electrons. The predicted octanol–water partition coefficient (Wildman–Crippen LogP) is 4.93. The molecule has 2 N–H and O–H groups in total. The fourth-order valence-corrected chi connectivity index (χ4v) is 2.92. The number of carbonyl (C=O) groups excluding carboxylic acids is 1. The molecule has 2 aromatic heterocycles. The maximum atomic E-state index is 12.6. The van der Waals surface area contributed by atoms with Gasteiger partial charge in [0.05, 0.1) is 28.7 Å². The summed E-state index contributed by atoms with van der Waals surface area (Å²) in [6.45, 7) is 1.99. The zero-order chi connectivity index (χ0) is 18.6. The van der Waals surface area contributed by atoms with E-state index in [0.29, 0.717) is 5.56 Å². The minimum Gasteiger partial charge on any atom is -0.352 e. The lowest BCUT2D eigenvalue weighted by Crippen LogP contribution is -2.12. The van der Waals surface area contributed by atoms with Crippen LogP contribution in [0.1, 0.15) is 15.9 Å². The van der Waals surface area contributed by atoms with Gasteiger partial charge >= 0.3 is 0 Å². The molecule has 0 fully saturated rings. The van der Waals surface area contributed by atoms with Crippen molar-refractivity contribution in [2.24, 2.45) is 0 Å². The van der Waals surface area contributed by atoms with Crippen LogP contribution >= 0.6 is 0 Å². The fourth-order valence-electron chi connectivity index (χ4n) is 2.92. The number of rotatable bonds is 4. The summed E-state index contributed by atoms with van der Waals surface area (Å²) in [6, 6.07) is 19.3. The summed E-state index contributed by atoms with van der Waals surface area (Å²) in [4.78, 5) is 21.2. The highest BCUT2D eigenvalue weighted by Gasteiger charge is 2.09. The van der Waals surface area contributed by atoms with Gasteiger partial charge in [0.1, 0.15) is 0 Å². The lowest BCUT2D eigenvalue weighted by Gasteiger charge is -2.10. The molecule has 1 amide bonds. The van der Waals surface area contributed by atoms with E-state index >= 15 is 0 Å². The molecule has 0 aliphatic heterocycles. The molecule has 0 aliphatic rings. The Bertz CT molecular complexity index is 1120. The number of anilines is 3. The third-order valence-electron chi connectivity index (χ3n) is 4.19. The quantitative estimate of drug-likeness (QED) is 0.545. The molecule has 4 rings (SSSR count). The number of hydrogen-bond donors (Lipinski definition) is 2. The summed E-state index contributed by atoms with van der Waals surface area (Å²) >= 11 is 0. The SMILES string of the molecule is Cc1cccc(NC(=O)c2cncc(Nc3cccc4cccnc34)c2)c1. The molecule has 0 bridgehead atoms. The molecule has 0 unspecified atom stereocenters. The molecule has 2 heterocycles. The Morgan fingerprint density at radius 2 is 1.78 bits per heavy atom. The van der Waals surface area contributed by atoms with Gasteiger partial charge < -0.3 is 10.6 Å². The maximum Gasteiger partial charge on any atom is 0.257 e. The third kappa shape index (κ3) is 3.77. The van der Waals surface area contributed by atoms with Crippen molar-refractivity contribution in [1.82, 2.24) is 9.97 Å². The van der Waals surface area contributed by atoms with E-state index in [9.17, 15) is 4.79 Å². The van der Waals surface area contributed by atoms with Crippen LogP contribution in [0.25, 0.3) is 10.9 Å². The van der Waals surface area contributed by atoms with Gasteiger partial charge in [0.25, 0.3) is 5.91 Å². The lowest BCUT2D eigenvalue weighted by atomic mass is 10.1. The predicted molar refractivity (Wildman–Crippen MR) is 108 cm³/mol. The van der Waals surface area contributed by atoms with Gasteiger partial charge in [-0.1, -0.05) is 30.3 Å². The van der Waals surface area contributed by atoms with Crippen molar-refractivity contribution in [2.75, 3.05) is 10.6 Å². The highest BCUT2D eigenvalue weighted by atomic mass is 16.1. The van der Waals surface area contributed by atoms with Gasteiger partial charge in [-0.15, -0.1) is 0 Å². The molecule has 5 heteroatoms. The van der Waals surface area contributed by atoms with Gasteiger partial charge in [0, 0.05) is 23.5 Å². The topological polar surface area (TPSA) is 66.9 Å². The van der Waals surface area contributed by atoms with Crippen LogP contribution in [0.2, 0.25) is 0 Å². The van der Waals surface area contributed by atoms with Crippen molar-refractivity contribution in [2.45, 2.75) is 6.92 Å². The molecule has 0 aliphatic carbocycles. The Labute approximate surface area is 157 Å². The average Bonchev–Trinajstić information content (AvgIpc) is 2.68. The van der Waals surface area contributed by atoms with Crippen molar-refractivity contribution in [3.05, 3.63) is 90.4 Å². The minimum absolute atomic E-state index is 0.201. The number of pyridine rings is 2. The first-order valence-electron chi connectivity index (χ1n) is 8.63. The third-order valence-corrected chi connectivity index (χ3v) is 4.19. The number of nitrogens with zero attached hydrogens (tertiary/aromatic N) is 2. The molecule has 2 aromatic carbocycles. The van der Waals surface area contributed by atoms with Crippen molar-refractivity contribution < 1.29 is 4.79 Å². The Morgan fingerprint density at radius 1 is 0.926 bits per heavy atom. The normalized spacial score (nSPS) is 10.6. The number of benzene rings is 2. The number of para-hydroxylation sites is 1. The summed E-state index contributed by atoms with van der Waals surface area (Å²) in [7, 11) is 0. The summed E-state index contributed by atoms with van der Waals surface area (Å²) in [5.41, 5.74) is 4.79. The Morgan fingerprint density at radius 3 is 2.67 bits per heavy atom. The van der Waals surface area contributed by atoms with E-state index in [1.54, 1.807) is 24.7 Å². The second kappa shape index (κ2) is 7.25. The molecule has 0 atom stereocenters. The standard InChI is InChI=1S/C22H18N4O/c1-15-5-2-8-18(11-15)26-22(27)17-12-19(14-23-13-17)25-20-9-3-6-16-7-4-10-24-21(16)20/h2-14,25H,1H3,(H,26,27). The Hall–Kier alpha value is -3.73. The summed E-state index contributed by atoms with van der Waals surface area (Å²) in [5.74, 6) is -0.201. The van der Waals surface area contributed by atoms with Crippen LogP contribution in [0.4, 0.5) is 17.1 Å². The molecular formula is C22H18N4O. The number of hydrogen-bond acceptors (Lipinski definition) is 4. The number of carbonyl (C=O) groups is 1. The molecule has 0 spiro atoms. The Balaban J connectivity index is 1.58. The second-order valence-corrected chi connectivity index (χ2v) is 6.29. The minimum atomic E-state index is -0.201. The van der Waals surface area contributed by atoms with Gasteiger partial charge in [-0.25, -0.2) is 0 Å². The number of amides is 1. The molecule has 27 heavy (non-hydrogen) atoms. The fraction of sp³-hybridized carbons (Fsp3) is 0.0455. The summed E-state index contributed by atoms with van der Waals surface area (Å²) in [5, 5.41) is 7.26. The van der Waals surface area contributed by atoms with Crippen LogP contribution in [-0.2, 0) is 0 Å². The first-order valence-corrected chi connectivity index (χ1v) is 8.63. The van der Waals surface area contributed by atoms with Crippen LogP contribution in [0.15, 0.2) is 79.3 Å². The molecule has 5 nitrogen and oxygen atoms in total. The lowest BCUT2D eigenvalue weighted by molar-refractivity contribution is 0.102. The van der Waals surface area contributed by atoms with Crippen LogP contribution in [-0.4, -0.2) is 15.9 Å². The molecule has 0 saturated carbocycles. The van der Waals surface area contributed by atoms with Crippen LogP contribution in [0.5, 0.6) is 0 Å². The molecule has 0 saturated heterocycles. The molecular weight excluding hydrogens is 336 g/mol. The maximum absolute atomic E-state index is 12.6. The van der Waals surface area contributed by atoms with E-state index in [1.807, 2.05) is 61.5 Å². The highest BCUT2D eigenvalue weighted by Crippen LogP contribution is 2.24. The summed E-state index contributed by atoms with van der Waals surface area (Å²) < 4.78 is 0. The smallest absolute Gasteiger partial charge is 0.257 e. The number of aromatic nitrogens is 2. The van der Waals surface area contributed by atoms with Crippen molar-refractivity contribution in [1.29, 1.82) is 0 Å². The van der Waals surface area contributed by atoms with E-state index in [4.69, 9.17) is 0 Å². The van der Waals surface area contributed by atoms with E-state index in [1.165, 1.54) is 0 Å². The van der Waals surface area contributed by atoms with Crippen LogP contribution in [0, 0.1) is 6.92 Å². The van der Waals surface area contributed by atoms with Gasteiger partial charge in [-0.05, 0) is 42.8 Å². The van der Waals surface area contributed by atoms with Crippen molar-refractivity contribution >= 4 is 33.9 Å².